The number of hydrogen-bond acceptors (Lipinski definition) is 7. The van der Waals surface area contributed by atoms with Gasteiger partial charge in [0.25, 0.3) is 0 Å². The predicted octanol–water partition coefficient (Wildman–Crippen LogP) is 2.52. The quantitative estimate of drug-likeness (QED) is 0.224. The fraction of sp³-hybridized carbons (Fsp3) is 1.00. The van der Waals surface area contributed by atoms with E-state index in [0.29, 0.717) is 26.4 Å². The maximum atomic E-state index is 5.52. The Kier molecular flexibility index (Phi) is 12.8. The molecule has 0 heterocycles. The Morgan fingerprint density at radius 3 is 1.50 bits per heavy atom. The first-order chi connectivity index (χ1) is 8.74. The van der Waals surface area contributed by atoms with Gasteiger partial charge in [0.2, 0.25) is 0 Å². The van der Waals surface area contributed by atoms with E-state index in [1.165, 1.54) is 0 Å². The van der Waals surface area contributed by atoms with Crippen molar-refractivity contribution in [2.75, 3.05) is 26.4 Å². The third-order valence-electron chi connectivity index (χ3n) is 1.61. The second-order valence-corrected chi connectivity index (χ2v) is 5.96. The summed E-state index contributed by atoms with van der Waals surface area (Å²) in [5.74, 6) is 0. The maximum absolute atomic E-state index is 5.52. The fourth-order valence-electron chi connectivity index (χ4n) is 0.849. The van der Waals surface area contributed by atoms with E-state index in [1.54, 1.807) is 20.8 Å². The molecule has 8 heteroatoms. The zero-order valence-corrected chi connectivity index (χ0v) is 13.2. The van der Waals surface area contributed by atoms with Gasteiger partial charge in [-0.05, 0) is 0 Å². The van der Waals surface area contributed by atoms with Gasteiger partial charge in [-0.2, -0.15) is 0 Å². The van der Waals surface area contributed by atoms with Crippen molar-refractivity contribution in [3.63, 3.8) is 0 Å². The average molecular weight is 304 g/mol. The van der Waals surface area contributed by atoms with Gasteiger partial charge in [-0.15, -0.1) is 0 Å². The minimum absolute atomic E-state index is 0.342. The molecular formula is C10H24O7Ti. The zero-order chi connectivity index (χ0) is 13.7. The Morgan fingerprint density at radius 2 is 1.17 bits per heavy atom. The third-order valence-corrected chi connectivity index (χ3v) is 3.99. The van der Waals surface area contributed by atoms with E-state index in [0.717, 1.165) is 12.8 Å². The van der Waals surface area contributed by atoms with E-state index in [4.69, 9.17) is 28.4 Å². The van der Waals surface area contributed by atoms with E-state index in [-0.39, 0.29) is 0 Å². The van der Waals surface area contributed by atoms with Crippen molar-refractivity contribution in [3.8, 4) is 0 Å². The molecule has 110 valence electrons. The van der Waals surface area contributed by atoms with Crippen LogP contribution in [0.1, 0.15) is 40.5 Å². The van der Waals surface area contributed by atoms with Crippen molar-refractivity contribution in [2.24, 2.45) is 0 Å². The molecule has 0 aliphatic heterocycles. The monoisotopic (exact) mass is 304 g/mol. The second-order valence-electron chi connectivity index (χ2n) is 3.17. The molecule has 0 aromatic heterocycles. The second kappa shape index (κ2) is 12.5. The van der Waals surface area contributed by atoms with Gasteiger partial charge >= 0.3 is 113 Å². The van der Waals surface area contributed by atoms with Gasteiger partial charge in [0.1, 0.15) is 0 Å². The fourth-order valence-corrected chi connectivity index (χ4v) is 3.05. The van der Waals surface area contributed by atoms with E-state index >= 15 is 0 Å². The zero-order valence-electron chi connectivity index (χ0n) is 11.6. The van der Waals surface area contributed by atoms with Crippen LogP contribution in [0.5, 0.6) is 0 Å². The van der Waals surface area contributed by atoms with Gasteiger partial charge in [-0.1, -0.05) is 0 Å². The molecular weight excluding hydrogens is 280 g/mol. The topological polar surface area (TPSA) is 64.6 Å². The normalized spacial score (nSPS) is 12.0. The van der Waals surface area contributed by atoms with Crippen LogP contribution >= 0.6 is 0 Å². The van der Waals surface area contributed by atoms with Crippen LogP contribution in [0.25, 0.3) is 0 Å². The minimum atomic E-state index is -4.12. The van der Waals surface area contributed by atoms with Gasteiger partial charge in [0, 0.05) is 0 Å². The summed E-state index contributed by atoms with van der Waals surface area (Å²) in [6, 6.07) is 0. The van der Waals surface area contributed by atoms with Gasteiger partial charge < -0.3 is 0 Å². The molecule has 0 saturated carbocycles. The molecule has 0 spiro atoms. The number of rotatable bonds is 13. The Hall–Kier alpha value is 0.434. The van der Waals surface area contributed by atoms with Crippen molar-refractivity contribution in [1.29, 1.82) is 0 Å². The Morgan fingerprint density at radius 1 is 0.722 bits per heavy atom. The van der Waals surface area contributed by atoms with Crippen LogP contribution in [0.4, 0.5) is 0 Å². The summed E-state index contributed by atoms with van der Waals surface area (Å²) in [6.45, 7) is 8.85. The summed E-state index contributed by atoms with van der Waals surface area (Å²) in [6.07, 6.45) is 1.84. The van der Waals surface area contributed by atoms with Crippen LogP contribution in [0.2, 0.25) is 0 Å². The summed E-state index contributed by atoms with van der Waals surface area (Å²) >= 11 is -4.12. The first-order valence-corrected chi connectivity index (χ1v) is 8.85. The molecule has 0 unspecified atom stereocenters. The molecule has 0 fully saturated rings. The van der Waals surface area contributed by atoms with Gasteiger partial charge in [-0.25, -0.2) is 0 Å². The summed E-state index contributed by atoms with van der Waals surface area (Å²) in [4.78, 5) is 14.6. The van der Waals surface area contributed by atoms with Gasteiger partial charge in [-0.3, -0.25) is 0 Å². The van der Waals surface area contributed by atoms with Crippen molar-refractivity contribution in [2.45, 2.75) is 40.5 Å². The predicted molar refractivity (Wildman–Crippen MR) is 59.0 cm³/mol. The van der Waals surface area contributed by atoms with Crippen molar-refractivity contribution < 1.29 is 46.5 Å². The standard InChI is InChI=1S/C4H9O.3C2H6O2.Ti/c1-2-3-4-5;3*1-2-4-3;/h2-4H2,1H3;3*3H,2H2,1H3;/q-1;;;;+4/p-3. The van der Waals surface area contributed by atoms with E-state index < -0.39 is 18.1 Å². The molecule has 18 heavy (non-hydrogen) atoms. The van der Waals surface area contributed by atoms with Crippen molar-refractivity contribution in [3.05, 3.63) is 0 Å². The Labute approximate surface area is 114 Å². The van der Waals surface area contributed by atoms with E-state index in [1.807, 2.05) is 6.92 Å². The number of hydrogen-bond donors (Lipinski definition) is 0. The first-order valence-electron chi connectivity index (χ1n) is 6.30. The van der Waals surface area contributed by atoms with Crippen LogP contribution in [-0.2, 0) is 46.5 Å². The van der Waals surface area contributed by atoms with Crippen LogP contribution in [0, 0.1) is 0 Å². The summed E-state index contributed by atoms with van der Waals surface area (Å²) < 4.78 is 20.8. The summed E-state index contributed by atoms with van der Waals surface area (Å²) in [5.41, 5.74) is 0. The molecule has 0 aliphatic rings. The Balaban J connectivity index is 4.41. The molecule has 0 atom stereocenters. The molecule has 7 nitrogen and oxygen atoms in total. The average Bonchev–Trinajstić information content (AvgIpc) is 2.40. The molecule has 0 saturated heterocycles. The van der Waals surface area contributed by atoms with Gasteiger partial charge in [0.15, 0.2) is 0 Å². The van der Waals surface area contributed by atoms with Crippen molar-refractivity contribution >= 4 is 0 Å². The van der Waals surface area contributed by atoms with E-state index in [2.05, 4.69) is 0 Å². The SMILES string of the molecule is CCCC[O][Ti]([O]OCC)([O]OCC)[O]OCC. The molecule has 0 aromatic rings. The summed E-state index contributed by atoms with van der Waals surface area (Å²) in [7, 11) is 0. The molecule has 0 aromatic carbocycles. The number of unbranched alkanes of at least 4 members (excludes halogenated alkanes) is 1. The van der Waals surface area contributed by atoms with E-state index in [9.17, 15) is 0 Å². The van der Waals surface area contributed by atoms with Crippen LogP contribution in [-0.4, -0.2) is 26.4 Å². The molecule has 0 aliphatic carbocycles. The Bertz CT molecular complexity index is 160. The third kappa shape index (κ3) is 8.52. The summed E-state index contributed by atoms with van der Waals surface area (Å²) in [5, 5.41) is 0. The molecule has 0 amide bonds. The molecule has 0 rings (SSSR count). The molecule has 0 radical (unpaired) electrons. The first kappa shape index (κ1) is 18.4. The van der Waals surface area contributed by atoms with Crippen LogP contribution in [0.3, 0.4) is 0 Å². The van der Waals surface area contributed by atoms with Gasteiger partial charge in [0.05, 0.1) is 0 Å². The molecule has 0 bridgehead atoms. The van der Waals surface area contributed by atoms with Crippen LogP contribution < -0.4 is 0 Å². The van der Waals surface area contributed by atoms with Crippen LogP contribution in [0.15, 0.2) is 0 Å². The molecule has 0 N–H and O–H groups in total. The van der Waals surface area contributed by atoms with Crippen molar-refractivity contribution in [1.82, 2.24) is 0 Å².